The molecule has 0 spiro atoms. The number of hydrogen-bond donors (Lipinski definition) is 1. The van der Waals surface area contributed by atoms with Crippen LogP contribution in [-0.4, -0.2) is 13.2 Å². The normalized spacial score (nSPS) is 12.3. The number of ether oxygens (including phenoxy) is 1. The summed E-state index contributed by atoms with van der Waals surface area (Å²) in [6.07, 6.45) is 4.00. The molecule has 108 valence electrons. The lowest BCUT2D eigenvalue weighted by Gasteiger charge is -2.12. The SMILES string of the molecule is CCCc1ccc(OCCNC(C)c2ccco2)cc1. The lowest BCUT2D eigenvalue weighted by atomic mass is 10.1. The zero-order valence-electron chi connectivity index (χ0n) is 12.3. The molecule has 0 fully saturated rings. The molecule has 0 aliphatic heterocycles. The van der Waals surface area contributed by atoms with E-state index in [0.717, 1.165) is 24.5 Å². The minimum atomic E-state index is 0.209. The van der Waals surface area contributed by atoms with Gasteiger partial charge in [-0.15, -0.1) is 0 Å². The number of nitrogens with one attached hydrogen (secondary N) is 1. The van der Waals surface area contributed by atoms with Crippen LogP contribution in [0.4, 0.5) is 0 Å². The lowest BCUT2D eigenvalue weighted by molar-refractivity contribution is 0.302. The summed E-state index contributed by atoms with van der Waals surface area (Å²) in [5.41, 5.74) is 1.37. The molecule has 3 heteroatoms. The molecular formula is C17H23NO2. The highest BCUT2D eigenvalue weighted by Crippen LogP contribution is 2.14. The monoisotopic (exact) mass is 273 g/mol. The van der Waals surface area contributed by atoms with Crippen LogP contribution in [-0.2, 0) is 6.42 Å². The van der Waals surface area contributed by atoms with Gasteiger partial charge in [-0.25, -0.2) is 0 Å². The van der Waals surface area contributed by atoms with Crippen molar-refractivity contribution in [1.29, 1.82) is 0 Å². The standard InChI is InChI=1S/C17H23NO2/c1-3-5-15-7-9-16(10-8-15)19-13-11-18-14(2)17-6-4-12-20-17/h4,6-10,12,14,18H,3,5,11,13H2,1-2H3. The van der Waals surface area contributed by atoms with Gasteiger partial charge in [0.2, 0.25) is 0 Å². The summed E-state index contributed by atoms with van der Waals surface area (Å²) in [6, 6.07) is 12.4. The first-order valence-corrected chi connectivity index (χ1v) is 7.28. The number of aryl methyl sites for hydroxylation is 1. The molecule has 0 radical (unpaired) electrons. The largest absolute Gasteiger partial charge is 0.492 e. The van der Waals surface area contributed by atoms with E-state index in [1.807, 2.05) is 24.3 Å². The first kappa shape index (κ1) is 14.7. The Morgan fingerprint density at radius 1 is 1.20 bits per heavy atom. The Bertz CT molecular complexity index is 476. The van der Waals surface area contributed by atoms with E-state index in [1.165, 1.54) is 12.0 Å². The van der Waals surface area contributed by atoms with E-state index in [0.29, 0.717) is 6.61 Å². The van der Waals surface area contributed by atoms with Crippen LogP contribution in [0.2, 0.25) is 0 Å². The van der Waals surface area contributed by atoms with Crippen molar-refractivity contribution in [3.63, 3.8) is 0 Å². The Labute approximate surface area is 121 Å². The maximum absolute atomic E-state index is 5.71. The molecule has 0 aliphatic carbocycles. The van der Waals surface area contributed by atoms with Crippen molar-refractivity contribution in [1.82, 2.24) is 5.32 Å². The van der Waals surface area contributed by atoms with E-state index in [2.05, 4.69) is 31.3 Å². The summed E-state index contributed by atoms with van der Waals surface area (Å²) < 4.78 is 11.1. The molecule has 1 unspecified atom stereocenters. The molecule has 0 amide bonds. The molecule has 2 aromatic rings. The second-order valence-corrected chi connectivity index (χ2v) is 4.93. The summed E-state index contributed by atoms with van der Waals surface area (Å²) >= 11 is 0. The highest BCUT2D eigenvalue weighted by atomic mass is 16.5. The van der Waals surface area contributed by atoms with Crippen LogP contribution in [0.25, 0.3) is 0 Å². The van der Waals surface area contributed by atoms with Gasteiger partial charge in [-0.1, -0.05) is 25.5 Å². The van der Waals surface area contributed by atoms with Crippen molar-refractivity contribution in [3.8, 4) is 5.75 Å². The van der Waals surface area contributed by atoms with Crippen LogP contribution < -0.4 is 10.1 Å². The van der Waals surface area contributed by atoms with Crippen LogP contribution in [0, 0.1) is 0 Å². The van der Waals surface area contributed by atoms with Crippen molar-refractivity contribution < 1.29 is 9.15 Å². The molecule has 0 saturated heterocycles. The van der Waals surface area contributed by atoms with Crippen molar-refractivity contribution in [2.45, 2.75) is 32.7 Å². The van der Waals surface area contributed by atoms with Crippen LogP contribution in [0.3, 0.4) is 0 Å². The van der Waals surface area contributed by atoms with Gasteiger partial charge in [0.25, 0.3) is 0 Å². The van der Waals surface area contributed by atoms with Crippen LogP contribution in [0.15, 0.2) is 47.1 Å². The molecular weight excluding hydrogens is 250 g/mol. The maximum Gasteiger partial charge on any atom is 0.120 e. The summed E-state index contributed by atoms with van der Waals surface area (Å²) in [5.74, 6) is 1.88. The number of rotatable bonds is 8. The second kappa shape index (κ2) is 7.75. The van der Waals surface area contributed by atoms with Gasteiger partial charge in [-0.05, 0) is 43.2 Å². The average molecular weight is 273 g/mol. The highest BCUT2D eigenvalue weighted by Gasteiger charge is 2.06. The van der Waals surface area contributed by atoms with E-state index in [9.17, 15) is 0 Å². The average Bonchev–Trinajstić information content (AvgIpc) is 3.00. The van der Waals surface area contributed by atoms with Crippen LogP contribution in [0.5, 0.6) is 5.75 Å². The van der Waals surface area contributed by atoms with Gasteiger partial charge in [0, 0.05) is 6.54 Å². The van der Waals surface area contributed by atoms with Crippen LogP contribution >= 0.6 is 0 Å². The molecule has 0 saturated carbocycles. The first-order chi connectivity index (χ1) is 9.79. The third-order valence-electron chi connectivity index (χ3n) is 3.25. The Kier molecular flexibility index (Phi) is 5.69. The fourth-order valence-electron chi connectivity index (χ4n) is 2.12. The van der Waals surface area contributed by atoms with E-state index in [-0.39, 0.29) is 6.04 Å². The molecule has 3 nitrogen and oxygen atoms in total. The van der Waals surface area contributed by atoms with Gasteiger partial charge in [-0.2, -0.15) is 0 Å². The van der Waals surface area contributed by atoms with E-state index >= 15 is 0 Å². The minimum absolute atomic E-state index is 0.209. The quantitative estimate of drug-likeness (QED) is 0.739. The van der Waals surface area contributed by atoms with Crippen molar-refractivity contribution in [2.24, 2.45) is 0 Å². The van der Waals surface area contributed by atoms with Crippen molar-refractivity contribution in [3.05, 3.63) is 54.0 Å². The summed E-state index contributed by atoms with van der Waals surface area (Å²) in [6.45, 7) is 5.71. The van der Waals surface area contributed by atoms with E-state index in [1.54, 1.807) is 6.26 Å². The molecule has 1 aromatic heterocycles. The number of furan rings is 1. The third kappa shape index (κ3) is 4.42. The molecule has 2 rings (SSSR count). The first-order valence-electron chi connectivity index (χ1n) is 7.28. The molecule has 1 heterocycles. The lowest BCUT2D eigenvalue weighted by Crippen LogP contribution is -2.24. The van der Waals surface area contributed by atoms with Gasteiger partial charge in [-0.3, -0.25) is 0 Å². The molecule has 20 heavy (non-hydrogen) atoms. The van der Waals surface area contributed by atoms with Gasteiger partial charge in [0.05, 0.1) is 12.3 Å². The zero-order chi connectivity index (χ0) is 14.2. The van der Waals surface area contributed by atoms with E-state index in [4.69, 9.17) is 9.15 Å². The van der Waals surface area contributed by atoms with Gasteiger partial charge < -0.3 is 14.5 Å². The Hall–Kier alpha value is -1.74. The highest BCUT2D eigenvalue weighted by molar-refractivity contribution is 5.27. The maximum atomic E-state index is 5.71. The molecule has 1 N–H and O–H groups in total. The molecule has 0 aliphatic rings. The van der Waals surface area contributed by atoms with Crippen molar-refractivity contribution in [2.75, 3.05) is 13.2 Å². The fourth-order valence-corrected chi connectivity index (χ4v) is 2.12. The summed E-state index contributed by atoms with van der Waals surface area (Å²) in [4.78, 5) is 0. The third-order valence-corrected chi connectivity index (χ3v) is 3.25. The topological polar surface area (TPSA) is 34.4 Å². The van der Waals surface area contributed by atoms with Crippen LogP contribution in [0.1, 0.15) is 37.6 Å². The summed E-state index contributed by atoms with van der Waals surface area (Å²) in [5, 5.41) is 3.37. The molecule has 0 bridgehead atoms. The van der Waals surface area contributed by atoms with Gasteiger partial charge >= 0.3 is 0 Å². The Morgan fingerprint density at radius 3 is 2.65 bits per heavy atom. The number of benzene rings is 1. The fraction of sp³-hybridized carbons (Fsp3) is 0.412. The molecule has 1 aromatic carbocycles. The Balaban J connectivity index is 1.68. The van der Waals surface area contributed by atoms with E-state index < -0.39 is 0 Å². The molecule has 1 atom stereocenters. The van der Waals surface area contributed by atoms with Crippen molar-refractivity contribution >= 4 is 0 Å². The predicted octanol–water partition coefficient (Wildman–Crippen LogP) is 3.96. The zero-order valence-corrected chi connectivity index (χ0v) is 12.3. The smallest absolute Gasteiger partial charge is 0.120 e. The number of hydrogen-bond acceptors (Lipinski definition) is 3. The van der Waals surface area contributed by atoms with Gasteiger partial charge in [0.1, 0.15) is 18.1 Å². The second-order valence-electron chi connectivity index (χ2n) is 4.93. The predicted molar refractivity (Wildman–Crippen MR) is 81.1 cm³/mol. The minimum Gasteiger partial charge on any atom is -0.492 e. The van der Waals surface area contributed by atoms with Gasteiger partial charge in [0.15, 0.2) is 0 Å². The Morgan fingerprint density at radius 2 is 2.00 bits per heavy atom. The summed E-state index contributed by atoms with van der Waals surface area (Å²) in [7, 11) is 0.